The normalized spacial score (nSPS) is 16.2. The van der Waals surface area contributed by atoms with Crippen molar-refractivity contribution >= 4 is 10.0 Å². The third-order valence-electron chi connectivity index (χ3n) is 4.78. The molecule has 1 aliphatic heterocycles. The van der Waals surface area contributed by atoms with Gasteiger partial charge in [0.25, 0.3) is 0 Å². The summed E-state index contributed by atoms with van der Waals surface area (Å²) in [5.41, 5.74) is 1.24. The SMILES string of the molecule is CCOc1ccc(S(=O)(=O)N2CCC(Oc3cccc(CC)c3)CC2)cc1. The highest BCUT2D eigenvalue weighted by molar-refractivity contribution is 7.89. The largest absolute Gasteiger partial charge is 0.494 e. The van der Waals surface area contributed by atoms with E-state index < -0.39 is 10.0 Å². The second kappa shape index (κ2) is 8.76. The maximum atomic E-state index is 12.8. The van der Waals surface area contributed by atoms with Crippen LogP contribution < -0.4 is 9.47 Å². The Labute approximate surface area is 162 Å². The zero-order valence-corrected chi connectivity index (χ0v) is 16.7. The van der Waals surface area contributed by atoms with Crippen molar-refractivity contribution in [1.29, 1.82) is 0 Å². The average molecular weight is 390 g/mol. The van der Waals surface area contributed by atoms with Crippen LogP contribution in [0.1, 0.15) is 32.3 Å². The Kier molecular flexibility index (Phi) is 6.39. The van der Waals surface area contributed by atoms with Crippen LogP contribution in [0.15, 0.2) is 53.4 Å². The van der Waals surface area contributed by atoms with Crippen molar-refractivity contribution in [2.45, 2.75) is 44.1 Å². The van der Waals surface area contributed by atoms with E-state index >= 15 is 0 Å². The van der Waals surface area contributed by atoms with Gasteiger partial charge in [-0.25, -0.2) is 8.42 Å². The van der Waals surface area contributed by atoms with Crippen LogP contribution in [0.3, 0.4) is 0 Å². The van der Waals surface area contributed by atoms with Crippen molar-refractivity contribution < 1.29 is 17.9 Å². The highest BCUT2D eigenvalue weighted by atomic mass is 32.2. The van der Waals surface area contributed by atoms with E-state index in [0.29, 0.717) is 43.2 Å². The molecule has 0 spiro atoms. The summed E-state index contributed by atoms with van der Waals surface area (Å²) in [7, 11) is -3.48. The molecule has 0 saturated carbocycles. The standard InChI is InChI=1S/C21H27NO4S/c1-3-17-6-5-7-20(16-17)26-19-12-14-22(15-13-19)27(23,24)21-10-8-18(9-11-21)25-4-2/h5-11,16,19H,3-4,12-15H2,1-2H3. The van der Waals surface area contributed by atoms with Gasteiger partial charge in [0.2, 0.25) is 10.0 Å². The van der Waals surface area contributed by atoms with Crippen molar-refractivity contribution in [3.8, 4) is 11.5 Å². The first-order chi connectivity index (χ1) is 13.0. The van der Waals surface area contributed by atoms with E-state index in [1.54, 1.807) is 28.6 Å². The van der Waals surface area contributed by atoms with E-state index in [2.05, 4.69) is 19.1 Å². The smallest absolute Gasteiger partial charge is 0.243 e. The molecule has 1 saturated heterocycles. The Bertz CT molecular complexity index is 841. The highest BCUT2D eigenvalue weighted by Crippen LogP contribution is 2.25. The maximum Gasteiger partial charge on any atom is 0.243 e. The molecule has 1 heterocycles. The van der Waals surface area contributed by atoms with E-state index in [1.165, 1.54) is 5.56 Å². The van der Waals surface area contributed by atoms with Gasteiger partial charge in [0, 0.05) is 13.1 Å². The number of hydrogen-bond acceptors (Lipinski definition) is 4. The van der Waals surface area contributed by atoms with Gasteiger partial charge in [-0.3, -0.25) is 0 Å². The van der Waals surface area contributed by atoms with E-state index in [0.717, 1.165) is 12.2 Å². The van der Waals surface area contributed by atoms with E-state index in [9.17, 15) is 8.42 Å². The number of nitrogens with zero attached hydrogens (tertiary/aromatic N) is 1. The minimum absolute atomic E-state index is 0.0453. The summed E-state index contributed by atoms with van der Waals surface area (Å²) >= 11 is 0. The quantitative estimate of drug-likeness (QED) is 0.721. The lowest BCUT2D eigenvalue weighted by Crippen LogP contribution is -2.41. The monoisotopic (exact) mass is 389 g/mol. The lowest BCUT2D eigenvalue weighted by atomic mass is 10.1. The summed E-state index contributed by atoms with van der Waals surface area (Å²) in [5.74, 6) is 1.54. The fourth-order valence-corrected chi connectivity index (χ4v) is 4.71. The van der Waals surface area contributed by atoms with Crippen LogP contribution >= 0.6 is 0 Å². The van der Waals surface area contributed by atoms with Crippen molar-refractivity contribution in [3.63, 3.8) is 0 Å². The molecule has 1 aliphatic rings. The molecule has 0 amide bonds. The third-order valence-corrected chi connectivity index (χ3v) is 6.70. The molecule has 146 valence electrons. The van der Waals surface area contributed by atoms with Gasteiger partial charge in [0.05, 0.1) is 11.5 Å². The summed E-state index contributed by atoms with van der Waals surface area (Å²) < 4.78 is 38.7. The van der Waals surface area contributed by atoms with E-state index in [-0.39, 0.29) is 6.10 Å². The van der Waals surface area contributed by atoms with Crippen LogP contribution in [0.4, 0.5) is 0 Å². The van der Waals surface area contributed by atoms with Gasteiger partial charge in [0.1, 0.15) is 17.6 Å². The molecule has 1 fully saturated rings. The number of ether oxygens (including phenoxy) is 2. The topological polar surface area (TPSA) is 55.8 Å². The summed E-state index contributed by atoms with van der Waals surface area (Å²) in [4.78, 5) is 0.306. The minimum atomic E-state index is -3.48. The zero-order chi connectivity index (χ0) is 19.3. The molecule has 2 aromatic rings. The van der Waals surface area contributed by atoms with Gasteiger partial charge in [-0.2, -0.15) is 4.31 Å². The summed E-state index contributed by atoms with van der Waals surface area (Å²) in [6, 6.07) is 14.7. The predicted octanol–water partition coefficient (Wildman–Crippen LogP) is 3.88. The number of hydrogen-bond donors (Lipinski definition) is 0. The minimum Gasteiger partial charge on any atom is -0.494 e. The van der Waals surface area contributed by atoms with E-state index in [4.69, 9.17) is 9.47 Å². The van der Waals surface area contributed by atoms with Crippen molar-refractivity contribution in [2.24, 2.45) is 0 Å². The molecule has 0 radical (unpaired) electrons. The Balaban J connectivity index is 1.60. The van der Waals surface area contributed by atoms with Crippen LogP contribution in [-0.2, 0) is 16.4 Å². The highest BCUT2D eigenvalue weighted by Gasteiger charge is 2.30. The van der Waals surface area contributed by atoms with Crippen molar-refractivity contribution in [3.05, 3.63) is 54.1 Å². The molecular weight excluding hydrogens is 362 g/mol. The molecule has 0 aromatic heterocycles. The van der Waals surface area contributed by atoms with Gasteiger partial charge >= 0.3 is 0 Å². The van der Waals surface area contributed by atoms with Crippen LogP contribution in [0.25, 0.3) is 0 Å². The first kappa shape index (κ1) is 19.7. The third kappa shape index (κ3) is 4.82. The lowest BCUT2D eigenvalue weighted by molar-refractivity contribution is 0.135. The number of rotatable bonds is 7. The maximum absolute atomic E-state index is 12.8. The number of benzene rings is 2. The first-order valence-corrected chi connectivity index (χ1v) is 11.0. The van der Waals surface area contributed by atoms with Crippen LogP contribution in [0.2, 0.25) is 0 Å². The molecule has 27 heavy (non-hydrogen) atoms. The Morgan fingerprint density at radius 3 is 2.33 bits per heavy atom. The van der Waals surface area contributed by atoms with Gasteiger partial charge < -0.3 is 9.47 Å². The second-order valence-electron chi connectivity index (χ2n) is 6.63. The molecule has 5 nitrogen and oxygen atoms in total. The fraction of sp³-hybridized carbons (Fsp3) is 0.429. The predicted molar refractivity (Wildman–Crippen MR) is 106 cm³/mol. The Morgan fingerprint density at radius 2 is 1.70 bits per heavy atom. The molecule has 3 rings (SSSR count). The fourth-order valence-electron chi connectivity index (χ4n) is 3.25. The molecule has 0 atom stereocenters. The number of piperidine rings is 1. The van der Waals surface area contributed by atoms with Crippen molar-refractivity contribution in [1.82, 2.24) is 4.31 Å². The van der Waals surface area contributed by atoms with Crippen LogP contribution in [0, 0.1) is 0 Å². The van der Waals surface area contributed by atoms with Gasteiger partial charge in [-0.15, -0.1) is 0 Å². The number of sulfonamides is 1. The number of aryl methyl sites for hydroxylation is 1. The Morgan fingerprint density at radius 1 is 1.00 bits per heavy atom. The first-order valence-electron chi connectivity index (χ1n) is 9.51. The molecular formula is C21H27NO4S. The molecule has 0 N–H and O–H groups in total. The van der Waals surface area contributed by atoms with Gasteiger partial charge in [-0.1, -0.05) is 19.1 Å². The molecule has 0 unspecified atom stereocenters. The molecule has 0 bridgehead atoms. The molecule has 0 aliphatic carbocycles. The lowest BCUT2D eigenvalue weighted by Gasteiger charge is -2.31. The summed E-state index contributed by atoms with van der Waals surface area (Å²) in [5, 5.41) is 0. The average Bonchev–Trinajstić information content (AvgIpc) is 2.69. The Hall–Kier alpha value is -2.05. The zero-order valence-electron chi connectivity index (χ0n) is 15.9. The molecule has 2 aromatic carbocycles. The van der Waals surface area contributed by atoms with Crippen molar-refractivity contribution in [2.75, 3.05) is 19.7 Å². The van der Waals surface area contributed by atoms with Crippen LogP contribution in [-0.4, -0.2) is 38.5 Å². The van der Waals surface area contributed by atoms with Gasteiger partial charge in [-0.05, 0) is 68.1 Å². The second-order valence-corrected chi connectivity index (χ2v) is 8.56. The van der Waals surface area contributed by atoms with Crippen LogP contribution in [0.5, 0.6) is 11.5 Å². The molecule has 6 heteroatoms. The van der Waals surface area contributed by atoms with Gasteiger partial charge in [0.15, 0.2) is 0 Å². The van der Waals surface area contributed by atoms with E-state index in [1.807, 2.05) is 19.1 Å². The summed E-state index contributed by atoms with van der Waals surface area (Å²) in [6.07, 6.45) is 2.39. The summed E-state index contributed by atoms with van der Waals surface area (Å²) in [6.45, 7) is 5.50.